The Bertz CT molecular complexity index is 808. The number of hydrogen-bond acceptors (Lipinski definition) is 7. The fourth-order valence-electron chi connectivity index (χ4n) is 3.20. The molecule has 1 fully saturated rings. The van der Waals surface area contributed by atoms with Gasteiger partial charge in [0.1, 0.15) is 6.33 Å². The van der Waals surface area contributed by atoms with E-state index in [2.05, 4.69) is 32.2 Å². The van der Waals surface area contributed by atoms with Crippen molar-refractivity contribution in [3.8, 4) is 0 Å². The van der Waals surface area contributed by atoms with Gasteiger partial charge in [-0.25, -0.2) is 19.6 Å². The van der Waals surface area contributed by atoms with Crippen LogP contribution in [0.15, 0.2) is 12.5 Å². The van der Waals surface area contributed by atoms with Crippen LogP contribution in [-0.4, -0.2) is 29.9 Å². The monoisotopic (exact) mass is 315 g/mol. The van der Waals surface area contributed by atoms with E-state index in [1.165, 1.54) is 22.6 Å². The fraction of sp³-hybridized carbons (Fsp3) is 0.500. The Kier molecular flexibility index (Phi) is 3.25. The molecule has 8 heteroatoms. The van der Waals surface area contributed by atoms with Crippen LogP contribution in [0.2, 0.25) is 0 Å². The van der Waals surface area contributed by atoms with Gasteiger partial charge in [-0.15, -0.1) is 16.4 Å². The third-order valence-electron chi connectivity index (χ3n) is 4.27. The van der Waals surface area contributed by atoms with E-state index in [0.717, 1.165) is 24.9 Å². The Morgan fingerprint density at radius 3 is 3.00 bits per heavy atom. The summed E-state index contributed by atoms with van der Waals surface area (Å²) in [7, 11) is 0. The summed E-state index contributed by atoms with van der Waals surface area (Å²) >= 11 is 1.80. The zero-order chi connectivity index (χ0) is 15.1. The summed E-state index contributed by atoms with van der Waals surface area (Å²) in [5.41, 5.74) is 7.17. The molecule has 22 heavy (non-hydrogen) atoms. The van der Waals surface area contributed by atoms with Gasteiger partial charge in [0.2, 0.25) is 0 Å². The largest absolute Gasteiger partial charge is 0.382 e. The Morgan fingerprint density at radius 1 is 1.27 bits per heavy atom. The highest BCUT2D eigenvalue weighted by atomic mass is 32.1. The summed E-state index contributed by atoms with van der Waals surface area (Å²) in [6.07, 6.45) is 7.89. The second-order valence-electron chi connectivity index (χ2n) is 5.79. The van der Waals surface area contributed by atoms with Crippen molar-refractivity contribution in [2.75, 3.05) is 5.73 Å². The van der Waals surface area contributed by atoms with E-state index in [1.54, 1.807) is 11.3 Å². The first-order valence-electron chi connectivity index (χ1n) is 7.46. The minimum atomic E-state index is 0.294. The van der Waals surface area contributed by atoms with Crippen LogP contribution in [0.1, 0.15) is 47.5 Å². The first-order chi connectivity index (χ1) is 10.7. The maximum atomic E-state index is 5.84. The molecule has 2 N–H and O–H groups in total. The summed E-state index contributed by atoms with van der Waals surface area (Å²) in [4.78, 5) is 14.1. The van der Waals surface area contributed by atoms with E-state index in [9.17, 15) is 0 Å². The molecule has 0 amide bonds. The number of anilines is 1. The van der Waals surface area contributed by atoms with Gasteiger partial charge in [-0.1, -0.05) is 11.6 Å². The first-order valence-corrected chi connectivity index (χ1v) is 8.27. The third-order valence-corrected chi connectivity index (χ3v) is 5.35. The molecule has 0 aromatic carbocycles. The molecule has 0 bridgehead atoms. The molecule has 0 saturated heterocycles. The topological polar surface area (TPSA) is 95.4 Å². The van der Waals surface area contributed by atoms with Gasteiger partial charge in [-0.05, 0) is 26.2 Å². The molecule has 3 aromatic heterocycles. The number of aryl methyl sites for hydroxylation is 1. The van der Waals surface area contributed by atoms with Crippen LogP contribution >= 0.6 is 11.3 Å². The average Bonchev–Trinajstić information content (AvgIpc) is 3.15. The number of nitrogens with zero attached hydrogens (tertiary/aromatic N) is 6. The van der Waals surface area contributed by atoms with Crippen LogP contribution in [0.25, 0.3) is 11.2 Å². The number of aromatic nitrogens is 6. The van der Waals surface area contributed by atoms with Crippen LogP contribution < -0.4 is 5.73 Å². The van der Waals surface area contributed by atoms with Crippen LogP contribution in [0.4, 0.5) is 5.82 Å². The van der Waals surface area contributed by atoms with Gasteiger partial charge in [-0.2, -0.15) is 0 Å². The lowest BCUT2D eigenvalue weighted by molar-refractivity contribution is 0.300. The number of nitrogens with two attached hydrogens (primary N) is 1. The molecule has 0 spiro atoms. The molecule has 4 rings (SSSR count). The number of fused-ring (bicyclic) bond motifs is 1. The molecule has 1 saturated carbocycles. The zero-order valence-electron chi connectivity index (χ0n) is 12.3. The van der Waals surface area contributed by atoms with E-state index in [-0.39, 0.29) is 0 Å². The second-order valence-corrected chi connectivity index (χ2v) is 7.06. The van der Waals surface area contributed by atoms with Crippen molar-refractivity contribution in [2.24, 2.45) is 0 Å². The lowest BCUT2D eigenvalue weighted by Crippen LogP contribution is -2.19. The highest BCUT2D eigenvalue weighted by Crippen LogP contribution is 2.40. The van der Waals surface area contributed by atoms with Gasteiger partial charge < -0.3 is 5.73 Å². The van der Waals surface area contributed by atoms with E-state index in [1.807, 2.05) is 10.9 Å². The highest BCUT2D eigenvalue weighted by molar-refractivity contribution is 7.11. The van der Waals surface area contributed by atoms with Crippen molar-refractivity contribution in [1.82, 2.24) is 29.9 Å². The van der Waals surface area contributed by atoms with Gasteiger partial charge >= 0.3 is 0 Å². The smallest absolute Gasteiger partial charge is 0.184 e. The maximum absolute atomic E-state index is 5.84. The van der Waals surface area contributed by atoms with Gasteiger partial charge in [0.15, 0.2) is 17.0 Å². The average molecular weight is 315 g/mol. The Balaban J connectivity index is 1.65. The maximum Gasteiger partial charge on any atom is 0.184 e. The van der Waals surface area contributed by atoms with Crippen molar-refractivity contribution < 1.29 is 0 Å². The number of hydrogen-bond donors (Lipinski definition) is 1. The van der Waals surface area contributed by atoms with E-state index < -0.39 is 0 Å². The van der Waals surface area contributed by atoms with Crippen LogP contribution in [0.5, 0.6) is 0 Å². The molecule has 3 aromatic rings. The lowest BCUT2D eigenvalue weighted by Gasteiger charge is -2.27. The van der Waals surface area contributed by atoms with E-state index in [4.69, 9.17) is 5.73 Å². The van der Waals surface area contributed by atoms with Crippen molar-refractivity contribution in [1.29, 1.82) is 0 Å². The summed E-state index contributed by atoms with van der Waals surface area (Å²) in [5, 5.41) is 9.66. The van der Waals surface area contributed by atoms with Gasteiger partial charge in [0, 0.05) is 17.0 Å². The molecule has 1 aliphatic carbocycles. The lowest BCUT2D eigenvalue weighted by atomic mass is 9.86. The molecule has 0 aliphatic heterocycles. The quantitative estimate of drug-likeness (QED) is 0.780. The molecule has 7 nitrogen and oxygen atoms in total. The van der Waals surface area contributed by atoms with Crippen molar-refractivity contribution >= 4 is 28.3 Å². The summed E-state index contributed by atoms with van der Waals surface area (Å²) in [5.74, 6) is 0.884. The van der Waals surface area contributed by atoms with E-state index >= 15 is 0 Å². The molecule has 3 heterocycles. The highest BCUT2D eigenvalue weighted by Gasteiger charge is 2.28. The van der Waals surface area contributed by atoms with Crippen molar-refractivity contribution in [3.63, 3.8) is 0 Å². The third kappa shape index (κ3) is 2.23. The molecule has 1 aliphatic rings. The summed E-state index contributed by atoms with van der Waals surface area (Å²) in [6, 6.07) is 0.294. The van der Waals surface area contributed by atoms with Crippen molar-refractivity contribution in [2.45, 2.75) is 44.6 Å². The minimum absolute atomic E-state index is 0.294. The molecule has 114 valence electrons. The Hall–Kier alpha value is -2.09. The number of thiazole rings is 1. The minimum Gasteiger partial charge on any atom is -0.382 e. The second kappa shape index (κ2) is 5.28. The zero-order valence-corrected chi connectivity index (χ0v) is 13.1. The molecule has 0 radical (unpaired) electrons. The predicted molar refractivity (Wildman–Crippen MR) is 84.6 cm³/mol. The fourth-order valence-corrected chi connectivity index (χ4v) is 4.12. The van der Waals surface area contributed by atoms with Crippen LogP contribution in [0.3, 0.4) is 0 Å². The van der Waals surface area contributed by atoms with Crippen molar-refractivity contribution in [3.05, 3.63) is 22.4 Å². The summed E-state index contributed by atoms with van der Waals surface area (Å²) in [6.45, 7) is 2.10. The normalized spacial score (nSPS) is 22.2. The predicted octanol–water partition coefficient (Wildman–Crippen LogP) is 2.47. The van der Waals surface area contributed by atoms with Crippen LogP contribution in [-0.2, 0) is 0 Å². The van der Waals surface area contributed by atoms with E-state index in [0.29, 0.717) is 23.3 Å². The molecular weight excluding hydrogens is 298 g/mol. The Morgan fingerprint density at radius 2 is 2.18 bits per heavy atom. The van der Waals surface area contributed by atoms with Gasteiger partial charge in [0.25, 0.3) is 0 Å². The molecule has 2 unspecified atom stereocenters. The molecular formula is C14H17N7S. The van der Waals surface area contributed by atoms with Crippen LogP contribution in [0, 0.1) is 6.92 Å². The SMILES string of the molecule is Cc1cnc(C2CCCC(n3nnc4c(N)ncnc43)C2)s1. The van der Waals surface area contributed by atoms with Gasteiger partial charge in [0.05, 0.1) is 11.0 Å². The molecule has 2 atom stereocenters. The Labute approximate surface area is 131 Å². The number of rotatable bonds is 2. The standard InChI is InChI=1S/C14H17N7S/c1-8-6-16-14(22-8)9-3-2-4-10(5-9)21-13-11(19-20-21)12(15)17-7-18-13/h6-7,9-10H,2-5H2,1H3,(H2,15,17,18). The summed E-state index contributed by atoms with van der Waals surface area (Å²) < 4.78 is 1.92. The van der Waals surface area contributed by atoms with Gasteiger partial charge in [-0.3, -0.25) is 0 Å². The first kappa shape index (κ1) is 13.6. The number of nitrogen functional groups attached to an aromatic ring is 1.